The molecule has 6 heteroatoms. The largest absolute Gasteiger partial charge is 0.342 e. The quantitative estimate of drug-likeness (QED) is 0.814. The van der Waals surface area contributed by atoms with Crippen LogP contribution in [0.1, 0.15) is 19.8 Å². The number of amides is 1. The number of benzene rings is 1. The van der Waals surface area contributed by atoms with Crippen LogP contribution >= 0.6 is 11.8 Å². The van der Waals surface area contributed by atoms with Gasteiger partial charge in [-0.05, 0) is 30.9 Å². The second kappa shape index (κ2) is 6.96. The Morgan fingerprint density at radius 1 is 1.27 bits per heavy atom. The van der Waals surface area contributed by atoms with Crippen LogP contribution in [0.5, 0.6) is 0 Å². The van der Waals surface area contributed by atoms with Gasteiger partial charge < -0.3 is 4.90 Å². The topological polar surface area (TPSA) is 51.0 Å². The van der Waals surface area contributed by atoms with Crippen molar-refractivity contribution in [2.45, 2.75) is 24.9 Å². The third-order valence-corrected chi connectivity index (χ3v) is 4.79. The van der Waals surface area contributed by atoms with Crippen molar-refractivity contribution in [3.63, 3.8) is 0 Å². The zero-order chi connectivity index (χ0) is 15.4. The zero-order valence-corrected chi connectivity index (χ0v) is 13.5. The molecule has 0 aliphatic carbocycles. The molecule has 2 aromatic rings. The molecule has 1 aromatic heterocycles. The van der Waals surface area contributed by atoms with E-state index in [-0.39, 0.29) is 5.91 Å². The summed E-state index contributed by atoms with van der Waals surface area (Å²) in [4.78, 5) is 18.4. The summed E-state index contributed by atoms with van der Waals surface area (Å²) in [5.74, 6) is 1.33. The lowest BCUT2D eigenvalue weighted by atomic mass is 9.99. The molecule has 1 saturated heterocycles. The van der Waals surface area contributed by atoms with E-state index < -0.39 is 0 Å². The molecule has 1 aromatic carbocycles. The van der Waals surface area contributed by atoms with E-state index in [1.165, 1.54) is 11.8 Å². The molecule has 0 bridgehead atoms. The average molecular weight is 316 g/mol. The van der Waals surface area contributed by atoms with Crippen molar-refractivity contribution in [1.82, 2.24) is 19.7 Å². The molecule has 0 N–H and O–H groups in total. The van der Waals surface area contributed by atoms with E-state index in [9.17, 15) is 4.79 Å². The minimum atomic E-state index is 0.188. The van der Waals surface area contributed by atoms with Crippen LogP contribution < -0.4 is 0 Å². The predicted molar refractivity (Wildman–Crippen MR) is 87.1 cm³/mol. The van der Waals surface area contributed by atoms with Gasteiger partial charge in [0, 0.05) is 13.1 Å². The monoisotopic (exact) mass is 316 g/mol. The number of nitrogens with zero attached hydrogens (tertiary/aromatic N) is 4. The van der Waals surface area contributed by atoms with Gasteiger partial charge in [0.15, 0.2) is 0 Å². The van der Waals surface area contributed by atoms with Crippen molar-refractivity contribution in [3.05, 3.63) is 36.7 Å². The van der Waals surface area contributed by atoms with Crippen LogP contribution in [0.2, 0.25) is 0 Å². The first-order chi connectivity index (χ1) is 10.7. The highest BCUT2D eigenvalue weighted by atomic mass is 32.2. The first-order valence-electron chi connectivity index (χ1n) is 7.60. The summed E-state index contributed by atoms with van der Waals surface area (Å²) in [6.07, 6.45) is 3.90. The number of aromatic nitrogens is 3. The Hall–Kier alpha value is -1.82. The highest BCUT2D eigenvalue weighted by Gasteiger charge is 2.20. The Morgan fingerprint density at radius 3 is 2.73 bits per heavy atom. The molecule has 0 unspecified atom stereocenters. The fourth-order valence-electron chi connectivity index (χ4n) is 2.49. The van der Waals surface area contributed by atoms with Crippen LogP contribution in [0.3, 0.4) is 0 Å². The van der Waals surface area contributed by atoms with Crippen LogP contribution in [0.15, 0.2) is 41.8 Å². The van der Waals surface area contributed by atoms with Gasteiger partial charge in [-0.25, -0.2) is 9.67 Å². The van der Waals surface area contributed by atoms with Crippen LogP contribution in [-0.2, 0) is 4.79 Å². The zero-order valence-electron chi connectivity index (χ0n) is 12.7. The van der Waals surface area contributed by atoms with E-state index in [1.807, 2.05) is 35.2 Å². The lowest BCUT2D eigenvalue weighted by Gasteiger charge is -2.30. The standard InChI is InChI=1S/C16H20N4OS/c1-13-7-9-19(10-8-13)15(21)11-22-16-17-12-20(18-16)14-5-3-2-4-6-14/h2-6,12-13H,7-11H2,1H3. The highest BCUT2D eigenvalue weighted by Crippen LogP contribution is 2.19. The van der Waals surface area contributed by atoms with Crippen molar-refractivity contribution >= 4 is 17.7 Å². The number of likely N-dealkylation sites (tertiary alicyclic amines) is 1. The molecular formula is C16H20N4OS. The van der Waals surface area contributed by atoms with E-state index in [2.05, 4.69) is 17.0 Å². The molecule has 0 atom stereocenters. The van der Waals surface area contributed by atoms with Crippen LogP contribution in [0.4, 0.5) is 0 Å². The normalized spacial score (nSPS) is 16.0. The molecular weight excluding hydrogens is 296 g/mol. The van der Waals surface area contributed by atoms with Gasteiger partial charge in [0.2, 0.25) is 11.1 Å². The fourth-order valence-corrected chi connectivity index (χ4v) is 3.20. The number of carbonyl (C=O) groups is 1. The molecule has 0 spiro atoms. The van der Waals surface area contributed by atoms with Crippen molar-refractivity contribution < 1.29 is 4.79 Å². The van der Waals surface area contributed by atoms with Crippen molar-refractivity contribution in [3.8, 4) is 5.69 Å². The van der Waals surface area contributed by atoms with Crippen molar-refractivity contribution in [2.75, 3.05) is 18.8 Å². The van der Waals surface area contributed by atoms with Crippen LogP contribution in [-0.4, -0.2) is 44.4 Å². The van der Waals surface area contributed by atoms with Gasteiger partial charge in [-0.1, -0.05) is 36.9 Å². The van der Waals surface area contributed by atoms with Crippen molar-refractivity contribution in [1.29, 1.82) is 0 Å². The molecule has 1 aliphatic heterocycles. The number of hydrogen-bond acceptors (Lipinski definition) is 4. The summed E-state index contributed by atoms with van der Waals surface area (Å²) in [6, 6.07) is 9.84. The molecule has 1 amide bonds. The second-order valence-corrected chi connectivity index (χ2v) is 6.60. The molecule has 116 valence electrons. The average Bonchev–Trinajstić information content (AvgIpc) is 3.03. The second-order valence-electron chi connectivity index (χ2n) is 5.66. The van der Waals surface area contributed by atoms with E-state index in [4.69, 9.17) is 0 Å². The van der Waals surface area contributed by atoms with Gasteiger partial charge >= 0.3 is 0 Å². The Balaban J connectivity index is 1.54. The molecule has 1 fully saturated rings. The summed E-state index contributed by atoms with van der Waals surface area (Å²) < 4.78 is 1.73. The maximum atomic E-state index is 12.2. The summed E-state index contributed by atoms with van der Waals surface area (Å²) in [5, 5.41) is 5.05. The van der Waals surface area contributed by atoms with E-state index >= 15 is 0 Å². The number of carbonyl (C=O) groups excluding carboxylic acids is 1. The summed E-state index contributed by atoms with van der Waals surface area (Å²) in [6.45, 7) is 4.01. The third-order valence-electron chi connectivity index (χ3n) is 3.95. The van der Waals surface area contributed by atoms with Gasteiger partial charge in [-0.2, -0.15) is 0 Å². The maximum Gasteiger partial charge on any atom is 0.233 e. The predicted octanol–water partition coefficient (Wildman–Crippen LogP) is 2.62. The molecule has 0 saturated carbocycles. The molecule has 22 heavy (non-hydrogen) atoms. The number of hydrogen-bond donors (Lipinski definition) is 0. The Morgan fingerprint density at radius 2 is 2.00 bits per heavy atom. The first kappa shape index (κ1) is 15.1. The molecule has 0 radical (unpaired) electrons. The minimum Gasteiger partial charge on any atom is -0.342 e. The fraction of sp³-hybridized carbons (Fsp3) is 0.438. The Labute approximate surface area is 134 Å². The highest BCUT2D eigenvalue weighted by molar-refractivity contribution is 7.99. The number of rotatable bonds is 4. The van der Waals surface area contributed by atoms with Gasteiger partial charge in [0.05, 0.1) is 11.4 Å². The molecule has 1 aliphatic rings. The maximum absolute atomic E-state index is 12.2. The Bertz CT molecular complexity index is 620. The number of thioether (sulfide) groups is 1. The molecule has 2 heterocycles. The minimum absolute atomic E-state index is 0.188. The lowest BCUT2D eigenvalue weighted by molar-refractivity contribution is -0.129. The van der Waals surface area contributed by atoms with Crippen LogP contribution in [0.25, 0.3) is 5.69 Å². The van der Waals surface area contributed by atoms with Gasteiger partial charge in [-0.15, -0.1) is 5.10 Å². The van der Waals surface area contributed by atoms with E-state index in [0.29, 0.717) is 10.9 Å². The summed E-state index contributed by atoms with van der Waals surface area (Å²) in [7, 11) is 0. The molecule has 3 rings (SSSR count). The van der Waals surface area contributed by atoms with Crippen LogP contribution in [0, 0.1) is 5.92 Å². The SMILES string of the molecule is CC1CCN(C(=O)CSc2ncn(-c3ccccc3)n2)CC1. The number of para-hydroxylation sites is 1. The Kier molecular flexibility index (Phi) is 4.77. The first-order valence-corrected chi connectivity index (χ1v) is 8.58. The van der Waals surface area contributed by atoms with Gasteiger partial charge in [0.1, 0.15) is 6.33 Å². The van der Waals surface area contributed by atoms with Gasteiger partial charge in [0.25, 0.3) is 0 Å². The van der Waals surface area contributed by atoms with E-state index in [1.54, 1.807) is 11.0 Å². The summed E-state index contributed by atoms with van der Waals surface area (Å²) >= 11 is 1.40. The lowest BCUT2D eigenvalue weighted by Crippen LogP contribution is -2.38. The third kappa shape index (κ3) is 3.68. The summed E-state index contributed by atoms with van der Waals surface area (Å²) in [5.41, 5.74) is 0.971. The molecule has 5 nitrogen and oxygen atoms in total. The number of piperidine rings is 1. The van der Waals surface area contributed by atoms with E-state index in [0.717, 1.165) is 37.5 Å². The van der Waals surface area contributed by atoms with Crippen molar-refractivity contribution in [2.24, 2.45) is 5.92 Å². The smallest absolute Gasteiger partial charge is 0.233 e. The van der Waals surface area contributed by atoms with Gasteiger partial charge in [-0.3, -0.25) is 4.79 Å².